The van der Waals surface area contributed by atoms with Crippen LogP contribution in [-0.2, 0) is 6.42 Å². The Hall–Kier alpha value is -2.18. The molecular weight excluding hydrogens is 380 g/mol. The number of aromatic amines is 2. The number of benzene rings is 1. The zero-order chi connectivity index (χ0) is 19.5. The van der Waals surface area contributed by atoms with Crippen molar-refractivity contribution in [3.05, 3.63) is 47.4 Å². The number of piperidine rings is 1. The summed E-state index contributed by atoms with van der Waals surface area (Å²) in [7, 11) is 0. The van der Waals surface area contributed by atoms with Crippen molar-refractivity contribution in [1.29, 1.82) is 0 Å². The molecule has 2 N–H and O–H groups in total. The number of H-pyrrole nitrogens is 2. The Bertz CT molecular complexity index is 1000. The van der Waals surface area contributed by atoms with Crippen LogP contribution in [0.2, 0.25) is 0 Å². The minimum atomic E-state index is 0.782. The molecule has 0 aliphatic carbocycles. The van der Waals surface area contributed by atoms with Crippen molar-refractivity contribution in [3.8, 4) is 5.75 Å². The Morgan fingerprint density at radius 2 is 2.07 bits per heavy atom. The Morgan fingerprint density at radius 3 is 3.00 bits per heavy atom. The first-order chi connectivity index (χ1) is 14.3. The summed E-state index contributed by atoms with van der Waals surface area (Å²) in [6.07, 6.45) is 10.3. The highest BCUT2D eigenvalue weighted by Gasteiger charge is 2.15. The van der Waals surface area contributed by atoms with E-state index >= 15 is 0 Å². The topological polar surface area (TPSA) is 56.9 Å². The minimum absolute atomic E-state index is 0.782. The standard InChI is InChI=1S/C23H28N4OS/c1-2-9-27(10-3-1)11-5-12-28-19-7-8-20-17(15-19)14-18(24-20)16-22-23-21(25-26-22)6-4-13-29-23/h4,6-8,14-15,24H,1-3,5,9-13,16H2,(H,25,26). The Balaban J connectivity index is 1.20. The van der Waals surface area contributed by atoms with Gasteiger partial charge in [-0.05, 0) is 62.7 Å². The van der Waals surface area contributed by atoms with Gasteiger partial charge in [0.25, 0.3) is 0 Å². The minimum Gasteiger partial charge on any atom is -0.494 e. The molecule has 6 heteroatoms. The Morgan fingerprint density at radius 1 is 1.14 bits per heavy atom. The number of rotatable bonds is 7. The Labute approximate surface area is 175 Å². The summed E-state index contributed by atoms with van der Waals surface area (Å²) in [5.41, 5.74) is 4.60. The normalized spacial score (nSPS) is 17.0. The van der Waals surface area contributed by atoms with Gasteiger partial charge >= 0.3 is 0 Å². The number of hydrogen-bond donors (Lipinski definition) is 2. The molecule has 4 heterocycles. The van der Waals surface area contributed by atoms with E-state index < -0.39 is 0 Å². The first kappa shape index (κ1) is 18.8. The smallest absolute Gasteiger partial charge is 0.120 e. The van der Waals surface area contributed by atoms with Crippen molar-refractivity contribution in [1.82, 2.24) is 20.1 Å². The molecule has 0 amide bonds. The molecule has 0 radical (unpaired) electrons. The first-order valence-electron chi connectivity index (χ1n) is 10.7. The monoisotopic (exact) mass is 408 g/mol. The second-order valence-electron chi connectivity index (χ2n) is 7.95. The van der Waals surface area contributed by atoms with Crippen LogP contribution in [0.1, 0.15) is 42.8 Å². The molecule has 0 unspecified atom stereocenters. The predicted molar refractivity (Wildman–Crippen MR) is 120 cm³/mol. The third kappa shape index (κ3) is 4.38. The number of aromatic nitrogens is 3. The molecule has 3 aromatic rings. The third-order valence-electron chi connectivity index (χ3n) is 5.77. The summed E-state index contributed by atoms with van der Waals surface area (Å²) < 4.78 is 6.03. The van der Waals surface area contributed by atoms with Gasteiger partial charge in [-0.3, -0.25) is 5.10 Å². The fourth-order valence-electron chi connectivity index (χ4n) is 4.28. The van der Waals surface area contributed by atoms with E-state index in [1.54, 1.807) is 0 Å². The third-order valence-corrected chi connectivity index (χ3v) is 6.87. The summed E-state index contributed by atoms with van der Waals surface area (Å²) in [6, 6.07) is 8.57. The molecule has 2 aliphatic heterocycles. The first-order valence-corrected chi connectivity index (χ1v) is 11.7. The van der Waals surface area contributed by atoms with Crippen molar-refractivity contribution in [2.75, 3.05) is 32.0 Å². The van der Waals surface area contributed by atoms with Gasteiger partial charge in [0.05, 0.1) is 22.9 Å². The molecule has 1 saturated heterocycles. The van der Waals surface area contributed by atoms with Crippen LogP contribution in [0.3, 0.4) is 0 Å². The van der Waals surface area contributed by atoms with Gasteiger partial charge in [0.15, 0.2) is 0 Å². The molecule has 2 aliphatic rings. The second-order valence-corrected chi connectivity index (χ2v) is 8.98. The molecule has 5 rings (SSSR count). The lowest BCUT2D eigenvalue weighted by Gasteiger charge is -2.26. The lowest BCUT2D eigenvalue weighted by atomic mass is 10.1. The zero-order valence-corrected chi connectivity index (χ0v) is 17.6. The largest absolute Gasteiger partial charge is 0.494 e. The van der Waals surface area contributed by atoms with Gasteiger partial charge in [-0.25, -0.2) is 0 Å². The molecule has 152 valence electrons. The molecule has 0 bridgehead atoms. The van der Waals surface area contributed by atoms with Gasteiger partial charge in [0, 0.05) is 35.3 Å². The predicted octanol–water partition coefficient (Wildman–Crippen LogP) is 4.86. The van der Waals surface area contributed by atoms with Gasteiger partial charge < -0.3 is 14.6 Å². The van der Waals surface area contributed by atoms with Crippen LogP contribution < -0.4 is 4.74 Å². The van der Waals surface area contributed by atoms with Crippen LogP contribution in [0.25, 0.3) is 17.0 Å². The highest BCUT2D eigenvalue weighted by molar-refractivity contribution is 7.99. The van der Waals surface area contributed by atoms with E-state index in [2.05, 4.69) is 56.5 Å². The molecule has 5 nitrogen and oxygen atoms in total. The second kappa shape index (κ2) is 8.67. The summed E-state index contributed by atoms with van der Waals surface area (Å²) >= 11 is 1.85. The molecule has 0 saturated carbocycles. The summed E-state index contributed by atoms with van der Waals surface area (Å²) in [5.74, 6) is 1.98. The van der Waals surface area contributed by atoms with E-state index in [1.807, 2.05) is 11.8 Å². The van der Waals surface area contributed by atoms with Crippen molar-refractivity contribution < 1.29 is 4.74 Å². The zero-order valence-electron chi connectivity index (χ0n) is 16.7. The highest BCUT2D eigenvalue weighted by atomic mass is 32.2. The van der Waals surface area contributed by atoms with Crippen molar-refractivity contribution in [3.63, 3.8) is 0 Å². The number of ether oxygens (including phenoxy) is 1. The lowest BCUT2D eigenvalue weighted by molar-refractivity contribution is 0.205. The maximum Gasteiger partial charge on any atom is 0.120 e. The Kier molecular flexibility index (Phi) is 5.63. The summed E-state index contributed by atoms with van der Waals surface area (Å²) in [5, 5.41) is 8.84. The molecule has 0 spiro atoms. The van der Waals surface area contributed by atoms with Crippen LogP contribution in [0.4, 0.5) is 0 Å². The molecule has 0 atom stereocenters. The van der Waals surface area contributed by atoms with Gasteiger partial charge in [-0.2, -0.15) is 5.10 Å². The number of nitrogens with one attached hydrogen (secondary N) is 2. The quantitative estimate of drug-likeness (QED) is 0.549. The van der Waals surface area contributed by atoms with Crippen LogP contribution in [-0.4, -0.2) is 52.1 Å². The lowest BCUT2D eigenvalue weighted by Crippen LogP contribution is -2.31. The fraction of sp³-hybridized carbons (Fsp3) is 0.435. The molecule has 1 aromatic carbocycles. The van der Waals surface area contributed by atoms with E-state index in [9.17, 15) is 0 Å². The number of fused-ring (bicyclic) bond motifs is 2. The van der Waals surface area contributed by atoms with E-state index in [4.69, 9.17) is 4.74 Å². The SMILES string of the molecule is C1=Cc2n[nH]c(Cc3cc4cc(OCCCN5CCCCC5)ccc4[nH]3)c2SC1. The van der Waals surface area contributed by atoms with Crippen molar-refractivity contribution >= 4 is 28.7 Å². The maximum absolute atomic E-state index is 6.03. The van der Waals surface area contributed by atoms with Crippen molar-refractivity contribution in [2.24, 2.45) is 0 Å². The average molecular weight is 409 g/mol. The summed E-state index contributed by atoms with van der Waals surface area (Å²) in [4.78, 5) is 7.39. The van der Waals surface area contributed by atoms with Gasteiger partial charge in [0.2, 0.25) is 0 Å². The van der Waals surface area contributed by atoms with E-state index in [0.717, 1.165) is 48.7 Å². The molecule has 2 aromatic heterocycles. The van der Waals surface area contributed by atoms with E-state index in [1.165, 1.54) is 54.0 Å². The summed E-state index contributed by atoms with van der Waals surface area (Å²) in [6.45, 7) is 4.45. The van der Waals surface area contributed by atoms with Crippen LogP contribution in [0.15, 0.2) is 35.2 Å². The maximum atomic E-state index is 6.03. The molecule has 1 fully saturated rings. The number of likely N-dealkylation sites (tertiary alicyclic amines) is 1. The van der Waals surface area contributed by atoms with Gasteiger partial charge in [-0.1, -0.05) is 12.5 Å². The van der Waals surface area contributed by atoms with Crippen LogP contribution >= 0.6 is 11.8 Å². The van der Waals surface area contributed by atoms with Gasteiger partial charge in [-0.15, -0.1) is 11.8 Å². The van der Waals surface area contributed by atoms with E-state index in [-0.39, 0.29) is 0 Å². The molecule has 29 heavy (non-hydrogen) atoms. The number of hydrogen-bond acceptors (Lipinski definition) is 4. The number of thioether (sulfide) groups is 1. The highest BCUT2D eigenvalue weighted by Crippen LogP contribution is 2.31. The van der Waals surface area contributed by atoms with Crippen LogP contribution in [0.5, 0.6) is 5.75 Å². The van der Waals surface area contributed by atoms with Crippen molar-refractivity contribution in [2.45, 2.75) is 37.0 Å². The molecular formula is C23H28N4OS. The van der Waals surface area contributed by atoms with E-state index in [0.29, 0.717) is 0 Å². The average Bonchev–Trinajstić information content (AvgIpc) is 3.35. The number of nitrogens with zero attached hydrogens (tertiary/aromatic N) is 2. The van der Waals surface area contributed by atoms with Crippen LogP contribution in [0, 0.1) is 0 Å². The van der Waals surface area contributed by atoms with Gasteiger partial charge in [0.1, 0.15) is 5.75 Å². The fourth-order valence-corrected chi connectivity index (χ4v) is 5.19.